The van der Waals surface area contributed by atoms with Gasteiger partial charge in [0.1, 0.15) is 0 Å². The minimum absolute atomic E-state index is 0. The molecular weight excluding hydrogens is 477 g/mol. The first-order valence-corrected chi connectivity index (χ1v) is 10.3. The Kier molecular flexibility index (Phi) is 10.2. The zero-order chi connectivity index (χ0) is 20.7. The molecule has 0 radical (unpaired) electrons. The highest BCUT2D eigenvalue weighted by molar-refractivity contribution is 14.0. The molecule has 6 nitrogen and oxygen atoms in total. The molecule has 0 unspecified atom stereocenters. The van der Waals surface area contributed by atoms with Crippen LogP contribution in [0.25, 0.3) is 0 Å². The van der Waals surface area contributed by atoms with Gasteiger partial charge in [-0.25, -0.2) is 4.99 Å². The van der Waals surface area contributed by atoms with E-state index < -0.39 is 0 Å². The summed E-state index contributed by atoms with van der Waals surface area (Å²) in [5, 5.41) is 6.76. The summed E-state index contributed by atoms with van der Waals surface area (Å²) in [6, 6.07) is 6.46. The minimum atomic E-state index is -0.303. The van der Waals surface area contributed by atoms with E-state index in [0.29, 0.717) is 13.1 Å². The van der Waals surface area contributed by atoms with Gasteiger partial charge in [-0.2, -0.15) is 0 Å². The fourth-order valence-corrected chi connectivity index (χ4v) is 3.89. The number of guanidine groups is 1. The van der Waals surface area contributed by atoms with Crippen LogP contribution in [0.2, 0.25) is 0 Å². The molecule has 164 valence electrons. The third-order valence-corrected chi connectivity index (χ3v) is 5.61. The van der Waals surface area contributed by atoms with Crippen LogP contribution in [-0.4, -0.2) is 58.0 Å². The Morgan fingerprint density at radius 2 is 1.79 bits per heavy atom. The van der Waals surface area contributed by atoms with Crippen LogP contribution in [0.5, 0.6) is 0 Å². The highest BCUT2D eigenvalue weighted by atomic mass is 127. The Balaban J connectivity index is 0.00000420. The lowest BCUT2D eigenvalue weighted by Crippen LogP contribution is -2.49. The number of carbonyl (C=O) groups excluding carboxylic acids is 1. The Morgan fingerprint density at radius 1 is 1.14 bits per heavy atom. The van der Waals surface area contributed by atoms with Gasteiger partial charge in [-0.15, -0.1) is 24.0 Å². The molecule has 0 aromatic heterocycles. The number of anilines is 1. The van der Waals surface area contributed by atoms with Crippen molar-refractivity contribution in [3.8, 4) is 0 Å². The van der Waals surface area contributed by atoms with Crippen LogP contribution in [-0.2, 0) is 11.3 Å². The number of nitrogens with zero attached hydrogens (tertiary/aromatic N) is 3. The highest BCUT2D eigenvalue weighted by Gasteiger charge is 2.42. The fourth-order valence-electron chi connectivity index (χ4n) is 3.89. The van der Waals surface area contributed by atoms with Crippen molar-refractivity contribution < 1.29 is 4.79 Å². The molecule has 0 heterocycles. The minimum Gasteiger partial charge on any atom is -0.378 e. The predicted octanol–water partition coefficient (Wildman–Crippen LogP) is 3.38. The molecule has 2 N–H and O–H groups in total. The summed E-state index contributed by atoms with van der Waals surface area (Å²) in [6.45, 7) is 6.23. The van der Waals surface area contributed by atoms with Crippen molar-refractivity contribution in [3.05, 3.63) is 29.3 Å². The zero-order valence-electron chi connectivity index (χ0n) is 18.8. The van der Waals surface area contributed by atoms with Gasteiger partial charge in [-0.1, -0.05) is 18.9 Å². The number of aliphatic imine (C=N–C) groups is 1. The monoisotopic (exact) mass is 515 g/mol. The maximum atomic E-state index is 12.8. The first kappa shape index (κ1) is 25.5. The van der Waals surface area contributed by atoms with Crippen molar-refractivity contribution in [2.75, 3.05) is 46.2 Å². The molecule has 0 saturated heterocycles. The van der Waals surface area contributed by atoms with Gasteiger partial charge in [0.05, 0.1) is 12.0 Å². The zero-order valence-corrected chi connectivity index (χ0v) is 21.2. The first-order chi connectivity index (χ1) is 13.3. The van der Waals surface area contributed by atoms with Gasteiger partial charge in [0, 0.05) is 47.0 Å². The first-order valence-electron chi connectivity index (χ1n) is 10.3. The third-order valence-electron chi connectivity index (χ3n) is 5.61. The summed E-state index contributed by atoms with van der Waals surface area (Å²) in [5.74, 6) is 1.000. The van der Waals surface area contributed by atoms with Crippen molar-refractivity contribution in [2.24, 2.45) is 10.4 Å². The summed E-state index contributed by atoms with van der Waals surface area (Å²) >= 11 is 0. The lowest BCUT2D eigenvalue weighted by Gasteiger charge is -2.31. The average molecular weight is 515 g/mol. The molecule has 7 heteroatoms. The number of aryl methyl sites for hydroxylation is 1. The van der Waals surface area contributed by atoms with E-state index in [4.69, 9.17) is 4.99 Å². The van der Waals surface area contributed by atoms with Crippen molar-refractivity contribution in [1.29, 1.82) is 0 Å². The molecule has 29 heavy (non-hydrogen) atoms. The average Bonchev–Trinajstić information content (AvgIpc) is 3.14. The number of nitrogens with one attached hydrogen (secondary N) is 2. The Labute approximate surface area is 193 Å². The van der Waals surface area contributed by atoms with Crippen LogP contribution in [0.15, 0.2) is 23.2 Å². The molecule has 0 aliphatic heterocycles. The fraction of sp³-hybridized carbons (Fsp3) is 0.636. The van der Waals surface area contributed by atoms with Crippen LogP contribution in [0.3, 0.4) is 0 Å². The molecule has 0 bridgehead atoms. The number of hydrogen-bond donors (Lipinski definition) is 2. The van der Waals surface area contributed by atoms with E-state index in [1.165, 1.54) is 16.8 Å². The second-order valence-corrected chi connectivity index (χ2v) is 8.24. The molecule has 0 atom stereocenters. The third kappa shape index (κ3) is 6.76. The van der Waals surface area contributed by atoms with Gasteiger partial charge in [-0.05, 0) is 49.9 Å². The molecule has 1 aromatic carbocycles. The quantitative estimate of drug-likeness (QED) is 0.332. The molecule has 1 fully saturated rings. The molecule has 1 amide bonds. The largest absolute Gasteiger partial charge is 0.378 e. The van der Waals surface area contributed by atoms with Crippen molar-refractivity contribution >= 4 is 41.5 Å². The summed E-state index contributed by atoms with van der Waals surface area (Å²) in [5.41, 5.74) is 3.34. The summed E-state index contributed by atoms with van der Waals surface area (Å²) < 4.78 is 0. The number of hydrogen-bond acceptors (Lipinski definition) is 3. The molecular formula is C22H38IN5O. The number of rotatable bonds is 7. The maximum absolute atomic E-state index is 12.8. The summed E-state index contributed by atoms with van der Waals surface area (Å²) in [6.07, 6.45) is 4.13. The van der Waals surface area contributed by atoms with Gasteiger partial charge in [0.15, 0.2) is 5.96 Å². The predicted molar refractivity (Wildman–Crippen MR) is 133 cm³/mol. The topological polar surface area (TPSA) is 60.0 Å². The number of carbonyl (C=O) groups is 1. The Morgan fingerprint density at radius 3 is 2.31 bits per heavy atom. The van der Waals surface area contributed by atoms with Crippen LogP contribution in [0.1, 0.15) is 43.7 Å². The van der Waals surface area contributed by atoms with E-state index in [0.717, 1.165) is 38.2 Å². The summed E-state index contributed by atoms with van der Waals surface area (Å²) in [7, 11) is 7.80. The van der Waals surface area contributed by atoms with Gasteiger partial charge < -0.3 is 20.4 Å². The van der Waals surface area contributed by atoms with E-state index >= 15 is 0 Å². The highest BCUT2D eigenvalue weighted by Crippen LogP contribution is 2.38. The summed E-state index contributed by atoms with van der Waals surface area (Å²) in [4.78, 5) is 21.4. The normalized spacial score (nSPS) is 15.4. The molecule has 0 spiro atoms. The smallest absolute Gasteiger partial charge is 0.230 e. The lowest BCUT2D eigenvalue weighted by atomic mass is 9.84. The molecule has 1 saturated carbocycles. The van der Waals surface area contributed by atoms with E-state index in [-0.39, 0.29) is 35.3 Å². The van der Waals surface area contributed by atoms with E-state index in [2.05, 4.69) is 47.6 Å². The van der Waals surface area contributed by atoms with E-state index in [9.17, 15) is 4.79 Å². The molecule has 1 aliphatic rings. The SMILES string of the molecule is CCNC(=NCc1ccc(N(C)C)cc1C)NCC1(C(=O)N(C)C)CCCC1.I. The lowest BCUT2D eigenvalue weighted by molar-refractivity contribution is -0.138. The van der Waals surface area contributed by atoms with Crippen molar-refractivity contribution in [1.82, 2.24) is 15.5 Å². The second-order valence-electron chi connectivity index (χ2n) is 8.24. The van der Waals surface area contributed by atoms with Crippen LogP contribution < -0.4 is 15.5 Å². The Hall–Kier alpha value is -1.51. The number of amides is 1. The Bertz CT molecular complexity index is 696. The maximum Gasteiger partial charge on any atom is 0.230 e. The van der Waals surface area contributed by atoms with Crippen LogP contribution >= 0.6 is 24.0 Å². The van der Waals surface area contributed by atoms with Gasteiger partial charge in [0.2, 0.25) is 5.91 Å². The van der Waals surface area contributed by atoms with E-state index in [1.54, 1.807) is 4.90 Å². The molecule has 1 aromatic rings. The van der Waals surface area contributed by atoms with Crippen molar-refractivity contribution in [2.45, 2.75) is 46.1 Å². The molecule has 1 aliphatic carbocycles. The second kappa shape index (κ2) is 11.6. The van der Waals surface area contributed by atoms with Crippen molar-refractivity contribution in [3.63, 3.8) is 0 Å². The van der Waals surface area contributed by atoms with Gasteiger partial charge in [0.25, 0.3) is 0 Å². The van der Waals surface area contributed by atoms with Crippen LogP contribution in [0.4, 0.5) is 5.69 Å². The van der Waals surface area contributed by atoms with Gasteiger partial charge >= 0.3 is 0 Å². The van der Waals surface area contributed by atoms with Gasteiger partial charge in [-0.3, -0.25) is 4.79 Å². The van der Waals surface area contributed by atoms with Crippen LogP contribution in [0, 0.1) is 12.3 Å². The standard InChI is InChI=1S/C22H37N5O.HI/c1-7-23-21(24-15-18-10-11-19(26(3)4)14-17(18)2)25-16-22(12-8-9-13-22)20(28)27(5)6;/h10-11,14H,7-9,12-13,15-16H2,1-6H3,(H2,23,24,25);1H. The molecule has 2 rings (SSSR count). The number of benzene rings is 1. The van der Waals surface area contributed by atoms with E-state index in [1.807, 2.05) is 28.2 Å². The number of halogens is 1.